The van der Waals surface area contributed by atoms with Crippen LogP contribution in [-0.4, -0.2) is 44.8 Å². The molecular weight excluding hydrogens is 337 g/mol. The van der Waals surface area contributed by atoms with Gasteiger partial charge in [-0.25, -0.2) is 9.07 Å². The number of benzene rings is 1. The standard InChI is InChI=1S/C19H20FN3O3/c1-11-13(8-21-23(11)17-5-3-2-4-16(17)20)18(24)22-9-14(12-6-7-12)15(10-22)19(25)26/h2-5,8,12,14-15H,6-7,9-10H2,1H3,(H,25,26)/t14-,15+/m1/s1. The smallest absolute Gasteiger partial charge is 0.308 e. The number of carboxylic acids is 1. The fraction of sp³-hybridized carbons (Fsp3) is 0.421. The van der Waals surface area contributed by atoms with E-state index in [9.17, 15) is 19.1 Å². The Hall–Kier alpha value is -2.70. The quantitative estimate of drug-likeness (QED) is 0.912. The van der Waals surface area contributed by atoms with E-state index >= 15 is 0 Å². The number of carbonyl (C=O) groups excluding carboxylic acids is 1. The molecule has 7 heteroatoms. The summed E-state index contributed by atoms with van der Waals surface area (Å²) in [4.78, 5) is 26.1. The number of hydrogen-bond acceptors (Lipinski definition) is 3. The van der Waals surface area contributed by atoms with E-state index in [1.54, 1.807) is 30.0 Å². The van der Waals surface area contributed by atoms with Gasteiger partial charge in [0.05, 0.1) is 23.4 Å². The van der Waals surface area contributed by atoms with Crippen molar-refractivity contribution in [3.8, 4) is 5.69 Å². The Morgan fingerprint density at radius 1 is 1.23 bits per heavy atom. The lowest BCUT2D eigenvalue weighted by Gasteiger charge is -2.16. The maximum Gasteiger partial charge on any atom is 0.308 e. The molecule has 1 amide bonds. The fourth-order valence-corrected chi connectivity index (χ4v) is 3.91. The lowest BCUT2D eigenvalue weighted by molar-refractivity contribution is -0.142. The van der Waals surface area contributed by atoms with Gasteiger partial charge in [-0.15, -0.1) is 0 Å². The summed E-state index contributed by atoms with van der Waals surface area (Å²) in [7, 11) is 0. The van der Waals surface area contributed by atoms with E-state index in [2.05, 4.69) is 5.10 Å². The van der Waals surface area contributed by atoms with Crippen molar-refractivity contribution in [2.45, 2.75) is 19.8 Å². The van der Waals surface area contributed by atoms with Crippen molar-refractivity contribution in [3.63, 3.8) is 0 Å². The molecule has 136 valence electrons. The minimum absolute atomic E-state index is 0.0263. The van der Waals surface area contributed by atoms with Gasteiger partial charge in [0.25, 0.3) is 5.91 Å². The molecule has 0 radical (unpaired) electrons. The van der Waals surface area contributed by atoms with E-state index < -0.39 is 17.7 Å². The Labute approximate surface area is 150 Å². The van der Waals surface area contributed by atoms with Gasteiger partial charge in [-0.1, -0.05) is 12.1 Å². The highest BCUT2D eigenvalue weighted by Gasteiger charge is 2.47. The molecule has 1 aliphatic heterocycles. The minimum atomic E-state index is -0.837. The largest absolute Gasteiger partial charge is 0.481 e. The fourth-order valence-electron chi connectivity index (χ4n) is 3.91. The highest BCUT2D eigenvalue weighted by molar-refractivity contribution is 5.95. The molecule has 0 spiro atoms. The summed E-state index contributed by atoms with van der Waals surface area (Å²) in [5.41, 5.74) is 1.21. The van der Waals surface area contributed by atoms with Crippen LogP contribution in [0.3, 0.4) is 0 Å². The number of amides is 1. The van der Waals surface area contributed by atoms with Crippen LogP contribution in [0.4, 0.5) is 4.39 Å². The average molecular weight is 357 g/mol. The van der Waals surface area contributed by atoms with E-state index in [0.717, 1.165) is 12.8 Å². The molecule has 2 heterocycles. The number of rotatable bonds is 4. The molecule has 2 atom stereocenters. The van der Waals surface area contributed by atoms with Gasteiger partial charge in [-0.2, -0.15) is 5.10 Å². The van der Waals surface area contributed by atoms with Crippen molar-refractivity contribution >= 4 is 11.9 Å². The van der Waals surface area contributed by atoms with E-state index in [4.69, 9.17) is 0 Å². The summed E-state index contributed by atoms with van der Waals surface area (Å²) in [6.07, 6.45) is 3.52. The second-order valence-electron chi connectivity index (χ2n) is 7.16. The zero-order valence-electron chi connectivity index (χ0n) is 14.4. The molecule has 2 fully saturated rings. The van der Waals surface area contributed by atoms with Crippen LogP contribution in [0.1, 0.15) is 28.9 Å². The highest BCUT2D eigenvalue weighted by atomic mass is 19.1. The lowest BCUT2D eigenvalue weighted by atomic mass is 9.92. The van der Waals surface area contributed by atoms with Crippen LogP contribution in [0, 0.1) is 30.5 Å². The number of para-hydroxylation sites is 1. The summed E-state index contributed by atoms with van der Waals surface area (Å²) in [6.45, 7) is 2.40. The first-order valence-corrected chi connectivity index (χ1v) is 8.79. The van der Waals surface area contributed by atoms with E-state index in [-0.39, 0.29) is 24.1 Å². The van der Waals surface area contributed by atoms with Gasteiger partial charge in [0.15, 0.2) is 0 Å². The maximum absolute atomic E-state index is 14.0. The van der Waals surface area contributed by atoms with Gasteiger partial charge in [0.2, 0.25) is 0 Å². The summed E-state index contributed by atoms with van der Waals surface area (Å²) >= 11 is 0. The molecule has 4 rings (SSSR count). The van der Waals surface area contributed by atoms with E-state index in [0.29, 0.717) is 23.7 Å². The third-order valence-electron chi connectivity index (χ3n) is 5.52. The Balaban J connectivity index is 1.60. The van der Waals surface area contributed by atoms with Crippen molar-refractivity contribution in [1.82, 2.24) is 14.7 Å². The van der Waals surface area contributed by atoms with Crippen LogP contribution < -0.4 is 0 Å². The van der Waals surface area contributed by atoms with Crippen LogP contribution in [0.15, 0.2) is 30.5 Å². The molecular formula is C19H20FN3O3. The Morgan fingerprint density at radius 2 is 1.96 bits per heavy atom. The number of aromatic nitrogens is 2. The van der Waals surface area contributed by atoms with Crippen LogP contribution in [0.5, 0.6) is 0 Å². The average Bonchev–Trinajstić information content (AvgIpc) is 3.24. The van der Waals surface area contributed by atoms with Crippen molar-refractivity contribution in [3.05, 3.63) is 47.5 Å². The molecule has 0 unspecified atom stereocenters. The van der Waals surface area contributed by atoms with Crippen LogP contribution in [0.2, 0.25) is 0 Å². The number of likely N-dealkylation sites (tertiary alicyclic amines) is 1. The predicted molar refractivity (Wildman–Crippen MR) is 91.5 cm³/mol. The third-order valence-corrected chi connectivity index (χ3v) is 5.52. The number of halogens is 1. The van der Waals surface area contributed by atoms with Gasteiger partial charge in [-0.05, 0) is 43.7 Å². The molecule has 2 aromatic rings. The molecule has 26 heavy (non-hydrogen) atoms. The first-order valence-electron chi connectivity index (χ1n) is 8.79. The Kier molecular flexibility index (Phi) is 4.01. The first kappa shape index (κ1) is 16.8. The third kappa shape index (κ3) is 2.77. The second kappa shape index (κ2) is 6.23. The summed E-state index contributed by atoms with van der Waals surface area (Å²) in [5, 5.41) is 13.6. The van der Waals surface area contributed by atoms with Crippen molar-refractivity contribution < 1.29 is 19.1 Å². The van der Waals surface area contributed by atoms with E-state index in [1.165, 1.54) is 16.9 Å². The molecule has 6 nitrogen and oxygen atoms in total. The summed E-state index contributed by atoms with van der Waals surface area (Å²) < 4.78 is 15.4. The van der Waals surface area contributed by atoms with Crippen LogP contribution >= 0.6 is 0 Å². The molecule has 1 saturated carbocycles. The van der Waals surface area contributed by atoms with Gasteiger partial charge < -0.3 is 10.0 Å². The van der Waals surface area contributed by atoms with Crippen molar-refractivity contribution in [2.75, 3.05) is 13.1 Å². The Bertz CT molecular complexity index is 875. The SMILES string of the molecule is Cc1c(C(=O)N2C[C@H](C(=O)O)[C@@H](C3CC3)C2)cnn1-c1ccccc1F. The zero-order valence-corrected chi connectivity index (χ0v) is 14.4. The van der Waals surface area contributed by atoms with Crippen LogP contribution in [0.25, 0.3) is 5.69 Å². The van der Waals surface area contributed by atoms with Gasteiger partial charge >= 0.3 is 5.97 Å². The molecule has 1 aromatic heterocycles. The number of carbonyl (C=O) groups is 2. The predicted octanol–water partition coefficient (Wildman–Crippen LogP) is 2.50. The molecule has 1 aromatic carbocycles. The molecule has 1 N–H and O–H groups in total. The summed E-state index contributed by atoms with van der Waals surface area (Å²) in [5.74, 6) is -1.56. The van der Waals surface area contributed by atoms with Crippen molar-refractivity contribution in [1.29, 1.82) is 0 Å². The van der Waals surface area contributed by atoms with Gasteiger partial charge in [0.1, 0.15) is 11.5 Å². The molecule has 1 aliphatic carbocycles. The van der Waals surface area contributed by atoms with Gasteiger partial charge in [-0.3, -0.25) is 9.59 Å². The topological polar surface area (TPSA) is 75.4 Å². The molecule has 2 aliphatic rings. The first-order chi connectivity index (χ1) is 12.5. The maximum atomic E-state index is 14.0. The van der Waals surface area contributed by atoms with Gasteiger partial charge in [0, 0.05) is 13.1 Å². The van der Waals surface area contributed by atoms with Crippen LogP contribution in [-0.2, 0) is 4.79 Å². The second-order valence-corrected chi connectivity index (χ2v) is 7.16. The highest BCUT2D eigenvalue weighted by Crippen LogP contribution is 2.44. The zero-order chi connectivity index (χ0) is 18.4. The number of aliphatic carboxylic acids is 1. The lowest BCUT2D eigenvalue weighted by Crippen LogP contribution is -2.30. The molecule has 1 saturated heterocycles. The number of nitrogens with zero attached hydrogens (tertiary/aromatic N) is 3. The molecule has 0 bridgehead atoms. The monoisotopic (exact) mass is 357 g/mol. The summed E-state index contributed by atoms with van der Waals surface area (Å²) in [6, 6.07) is 6.25. The number of carboxylic acid groups (broad SMARTS) is 1. The minimum Gasteiger partial charge on any atom is -0.481 e. The normalized spacial score (nSPS) is 22.6. The Morgan fingerprint density at radius 3 is 2.62 bits per heavy atom. The van der Waals surface area contributed by atoms with E-state index in [1.807, 2.05) is 0 Å². The van der Waals surface area contributed by atoms with Crippen molar-refractivity contribution in [2.24, 2.45) is 17.8 Å². The number of hydrogen-bond donors (Lipinski definition) is 1.